The Morgan fingerprint density at radius 2 is 1.78 bits per heavy atom. The van der Waals surface area contributed by atoms with Crippen molar-refractivity contribution in [1.82, 2.24) is 10.6 Å². The van der Waals surface area contributed by atoms with Gasteiger partial charge in [-0.15, -0.1) is 24.0 Å². The van der Waals surface area contributed by atoms with Crippen LogP contribution in [0.5, 0.6) is 0 Å². The topological polar surface area (TPSA) is 36.4 Å². The van der Waals surface area contributed by atoms with Gasteiger partial charge in [0.05, 0.1) is 5.56 Å². The first-order chi connectivity index (χ1) is 7.97. The molecule has 2 N–H and O–H groups in total. The number of nitrogens with zero attached hydrogens (tertiary/aromatic N) is 1. The van der Waals surface area contributed by atoms with E-state index in [4.69, 9.17) is 0 Å². The molecule has 18 heavy (non-hydrogen) atoms. The van der Waals surface area contributed by atoms with Crippen molar-refractivity contribution in [2.24, 2.45) is 4.99 Å². The van der Waals surface area contributed by atoms with Crippen LogP contribution in [0, 0.1) is 0 Å². The van der Waals surface area contributed by atoms with Gasteiger partial charge in [-0.05, 0) is 17.7 Å². The van der Waals surface area contributed by atoms with Gasteiger partial charge in [0.1, 0.15) is 0 Å². The Morgan fingerprint density at radius 3 is 2.17 bits per heavy atom. The number of halogens is 4. The molecule has 1 aromatic rings. The zero-order chi connectivity index (χ0) is 12.9. The smallest absolute Gasteiger partial charge is 0.359 e. The third kappa shape index (κ3) is 5.11. The number of alkyl halides is 3. The molecule has 0 atom stereocenters. The summed E-state index contributed by atoms with van der Waals surface area (Å²) in [6, 6.07) is 5.02. The molecule has 0 bridgehead atoms. The Kier molecular flexibility index (Phi) is 7.04. The third-order valence-corrected chi connectivity index (χ3v) is 2.20. The van der Waals surface area contributed by atoms with E-state index < -0.39 is 11.7 Å². The van der Waals surface area contributed by atoms with Crippen LogP contribution < -0.4 is 10.6 Å². The minimum atomic E-state index is -4.28. The van der Waals surface area contributed by atoms with Crippen LogP contribution >= 0.6 is 24.0 Å². The molecular weight excluding hydrogens is 358 g/mol. The van der Waals surface area contributed by atoms with E-state index in [0.29, 0.717) is 12.5 Å². The Hall–Kier alpha value is -0.990. The maximum Gasteiger partial charge on any atom is 0.416 e. The molecule has 0 fully saturated rings. The Morgan fingerprint density at radius 1 is 1.22 bits per heavy atom. The van der Waals surface area contributed by atoms with Gasteiger partial charge in [0.15, 0.2) is 5.96 Å². The van der Waals surface area contributed by atoms with Gasteiger partial charge in [-0.3, -0.25) is 4.99 Å². The van der Waals surface area contributed by atoms with Gasteiger partial charge < -0.3 is 10.6 Å². The Bertz CT molecular complexity index is 388. The molecule has 7 heteroatoms. The lowest BCUT2D eigenvalue weighted by Gasteiger charge is -2.10. The van der Waals surface area contributed by atoms with E-state index in [1.807, 2.05) is 0 Å². The Labute approximate surface area is 121 Å². The fourth-order valence-electron chi connectivity index (χ4n) is 1.28. The summed E-state index contributed by atoms with van der Waals surface area (Å²) in [6.45, 7) is 0.422. The lowest BCUT2D eigenvalue weighted by Crippen LogP contribution is -2.34. The maximum atomic E-state index is 12.3. The average Bonchev–Trinajstić information content (AvgIpc) is 2.30. The van der Waals surface area contributed by atoms with E-state index >= 15 is 0 Å². The van der Waals surface area contributed by atoms with Gasteiger partial charge in [0.2, 0.25) is 0 Å². The molecule has 0 saturated heterocycles. The van der Waals surface area contributed by atoms with Crippen molar-refractivity contribution in [3.63, 3.8) is 0 Å². The number of nitrogens with one attached hydrogen (secondary N) is 2. The highest BCUT2D eigenvalue weighted by Gasteiger charge is 2.29. The maximum absolute atomic E-state index is 12.3. The Balaban J connectivity index is 0.00000289. The minimum absolute atomic E-state index is 0. The second kappa shape index (κ2) is 7.45. The number of hydrogen-bond donors (Lipinski definition) is 2. The fraction of sp³-hybridized carbons (Fsp3) is 0.364. The van der Waals surface area contributed by atoms with Gasteiger partial charge >= 0.3 is 6.18 Å². The molecule has 0 aliphatic carbocycles. The molecule has 0 aromatic heterocycles. The summed E-state index contributed by atoms with van der Waals surface area (Å²) in [6.07, 6.45) is -4.28. The van der Waals surface area contributed by atoms with E-state index in [9.17, 15) is 13.2 Å². The zero-order valence-corrected chi connectivity index (χ0v) is 12.3. The largest absolute Gasteiger partial charge is 0.416 e. The predicted molar refractivity (Wildman–Crippen MR) is 76.1 cm³/mol. The van der Waals surface area contributed by atoms with Gasteiger partial charge in [0.25, 0.3) is 0 Å². The van der Waals surface area contributed by atoms with Crippen molar-refractivity contribution in [2.45, 2.75) is 12.7 Å². The summed E-state index contributed by atoms with van der Waals surface area (Å²) in [7, 11) is 3.33. The second-order valence-corrected chi connectivity index (χ2v) is 3.37. The molecule has 0 spiro atoms. The van der Waals surface area contributed by atoms with Crippen molar-refractivity contribution in [1.29, 1.82) is 0 Å². The molecule has 0 radical (unpaired) electrons. The van der Waals surface area contributed by atoms with E-state index in [2.05, 4.69) is 15.6 Å². The van der Waals surface area contributed by atoms with Gasteiger partial charge in [-0.25, -0.2) is 0 Å². The quantitative estimate of drug-likeness (QED) is 0.475. The number of guanidine groups is 1. The van der Waals surface area contributed by atoms with Crippen molar-refractivity contribution in [3.8, 4) is 0 Å². The van der Waals surface area contributed by atoms with E-state index in [0.717, 1.165) is 17.7 Å². The molecule has 0 aliphatic rings. The van der Waals surface area contributed by atoms with Crippen LogP contribution in [0.1, 0.15) is 11.1 Å². The molecule has 3 nitrogen and oxygen atoms in total. The monoisotopic (exact) mass is 373 g/mol. The van der Waals surface area contributed by atoms with Crippen LogP contribution in [0.4, 0.5) is 13.2 Å². The number of benzene rings is 1. The van der Waals surface area contributed by atoms with Crippen molar-refractivity contribution in [3.05, 3.63) is 35.4 Å². The van der Waals surface area contributed by atoms with Gasteiger partial charge in [-0.1, -0.05) is 12.1 Å². The summed E-state index contributed by atoms with van der Waals surface area (Å²) in [5.74, 6) is 0.588. The van der Waals surface area contributed by atoms with Crippen LogP contribution in [0.3, 0.4) is 0 Å². The van der Waals surface area contributed by atoms with Gasteiger partial charge in [-0.2, -0.15) is 13.2 Å². The van der Waals surface area contributed by atoms with E-state index in [1.165, 1.54) is 12.1 Å². The molecule has 102 valence electrons. The first-order valence-corrected chi connectivity index (χ1v) is 5.02. The van der Waals surface area contributed by atoms with Crippen LogP contribution in [0.15, 0.2) is 29.3 Å². The molecule has 0 unspecified atom stereocenters. The van der Waals surface area contributed by atoms with Crippen molar-refractivity contribution < 1.29 is 13.2 Å². The van der Waals surface area contributed by atoms with Crippen LogP contribution in [-0.2, 0) is 12.7 Å². The van der Waals surface area contributed by atoms with Crippen molar-refractivity contribution in [2.75, 3.05) is 14.1 Å². The lowest BCUT2D eigenvalue weighted by molar-refractivity contribution is -0.137. The number of rotatable bonds is 2. The van der Waals surface area contributed by atoms with E-state index in [-0.39, 0.29) is 24.0 Å². The van der Waals surface area contributed by atoms with Crippen LogP contribution in [0.25, 0.3) is 0 Å². The summed E-state index contributed by atoms with van der Waals surface area (Å²) in [5, 5.41) is 5.77. The molecule has 0 aliphatic heterocycles. The minimum Gasteiger partial charge on any atom is -0.359 e. The molecule has 1 aromatic carbocycles. The van der Waals surface area contributed by atoms with Crippen LogP contribution in [0.2, 0.25) is 0 Å². The normalized spacial score (nSPS) is 11.7. The van der Waals surface area contributed by atoms with Crippen molar-refractivity contribution >= 4 is 29.9 Å². The zero-order valence-electron chi connectivity index (χ0n) is 10.0. The molecule has 0 amide bonds. The summed E-state index contributed by atoms with van der Waals surface area (Å²) in [4.78, 5) is 3.89. The highest BCUT2D eigenvalue weighted by molar-refractivity contribution is 14.0. The SMILES string of the molecule is CN=C(NC)NCc1ccc(C(F)(F)F)cc1.I. The first kappa shape index (κ1) is 17.0. The molecule has 1 rings (SSSR count). The number of hydrogen-bond acceptors (Lipinski definition) is 1. The summed E-state index contributed by atoms with van der Waals surface area (Å²) < 4.78 is 36.9. The second-order valence-electron chi connectivity index (χ2n) is 3.37. The molecule has 0 saturated carbocycles. The number of aliphatic imine (C=N–C) groups is 1. The average molecular weight is 373 g/mol. The third-order valence-electron chi connectivity index (χ3n) is 2.20. The highest BCUT2D eigenvalue weighted by Crippen LogP contribution is 2.28. The summed E-state index contributed by atoms with van der Waals surface area (Å²) in [5.41, 5.74) is 0.119. The van der Waals surface area contributed by atoms with Crippen LogP contribution in [-0.4, -0.2) is 20.1 Å². The first-order valence-electron chi connectivity index (χ1n) is 5.02. The highest BCUT2D eigenvalue weighted by atomic mass is 127. The standard InChI is InChI=1S/C11H14F3N3.HI/c1-15-10(16-2)17-7-8-3-5-9(6-4-8)11(12,13)14;/h3-6H,7H2,1-2H3,(H2,15,16,17);1H. The fourth-order valence-corrected chi connectivity index (χ4v) is 1.28. The van der Waals surface area contributed by atoms with Gasteiger partial charge in [0, 0.05) is 20.6 Å². The summed E-state index contributed by atoms with van der Waals surface area (Å²) >= 11 is 0. The predicted octanol–water partition coefficient (Wildman–Crippen LogP) is 2.62. The molecular formula is C11H15F3IN3. The molecule has 0 heterocycles. The van der Waals surface area contributed by atoms with E-state index in [1.54, 1.807) is 14.1 Å². The lowest BCUT2D eigenvalue weighted by atomic mass is 10.1.